The normalized spacial score (nSPS) is 10.5. The van der Waals surface area contributed by atoms with Gasteiger partial charge in [0.25, 0.3) is 5.78 Å². The quantitative estimate of drug-likeness (QED) is 0.592. The number of aryl methyl sites for hydroxylation is 1. The smallest absolute Gasteiger partial charge is 0.377 e. The zero-order chi connectivity index (χ0) is 11.0. The number of hydrogen-bond donors (Lipinski definition) is 1. The van der Waals surface area contributed by atoms with Crippen molar-refractivity contribution in [2.24, 2.45) is 0 Å². The molecule has 76 valence electrons. The van der Waals surface area contributed by atoms with Gasteiger partial charge >= 0.3 is 5.97 Å². The van der Waals surface area contributed by atoms with Crippen LogP contribution in [-0.2, 0) is 4.79 Å². The lowest BCUT2D eigenvalue weighted by atomic mass is 10.0. The molecule has 0 radical (unpaired) electrons. The van der Waals surface area contributed by atoms with Crippen molar-refractivity contribution in [3.8, 4) is 0 Å². The molecule has 0 saturated carbocycles. The molecule has 1 heterocycles. The molecule has 0 aliphatic heterocycles. The van der Waals surface area contributed by atoms with Crippen molar-refractivity contribution in [2.45, 2.75) is 6.92 Å². The molecule has 0 saturated heterocycles. The molecule has 1 aromatic carbocycles. The van der Waals surface area contributed by atoms with Gasteiger partial charge in [-0.15, -0.1) is 0 Å². The van der Waals surface area contributed by atoms with E-state index in [0.29, 0.717) is 16.7 Å². The molecular formula is C10H7NO4. The lowest BCUT2D eigenvalue weighted by molar-refractivity contribution is -0.131. The Hall–Kier alpha value is -2.17. The SMILES string of the molecule is Cc1noc2cccc(C(=O)C(=O)O)c12. The summed E-state index contributed by atoms with van der Waals surface area (Å²) in [6.07, 6.45) is 0. The average Bonchev–Trinajstić information content (AvgIpc) is 2.59. The number of ketones is 1. The minimum Gasteiger partial charge on any atom is -0.475 e. The minimum atomic E-state index is -1.48. The van der Waals surface area contributed by atoms with Crippen LogP contribution < -0.4 is 0 Å². The Bertz CT molecular complexity index is 556. The first-order chi connectivity index (χ1) is 7.11. The monoisotopic (exact) mass is 205 g/mol. The van der Waals surface area contributed by atoms with E-state index in [1.54, 1.807) is 19.1 Å². The van der Waals surface area contributed by atoms with E-state index in [1.165, 1.54) is 6.07 Å². The number of carboxylic acid groups (broad SMARTS) is 1. The topological polar surface area (TPSA) is 80.4 Å². The van der Waals surface area contributed by atoms with Crippen LogP contribution in [-0.4, -0.2) is 22.0 Å². The number of carbonyl (C=O) groups excluding carboxylic acids is 1. The third-order valence-corrected chi connectivity index (χ3v) is 2.11. The van der Waals surface area contributed by atoms with Crippen molar-refractivity contribution >= 4 is 22.7 Å². The van der Waals surface area contributed by atoms with Gasteiger partial charge in [-0.3, -0.25) is 4.79 Å². The molecule has 2 rings (SSSR count). The molecule has 0 spiro atoms. The van der Waals surface area contributed by atoms with Crippen LogP contribution in [0.15, 0.2) is 22.7 Å². The maximum atomic E-state index is 11.3. The highest BCUT2D eigenvalue weighted by Crippen LogP contribution is 2.22. The highest BCUT2D eigenvalue weighted by Gasteiger charge is 2.20. The van der Waals surface area contributed by atoms with Crippen LogP contribution in [0.4, 0.5) is 0 Å². The maximum absolute atomic E-state index is 11.3. The zero-order valence-corrected chi connectivity index (χ0v) is 7.85. The number of benzene rings is 1. The van der Waals surface area contributed by atoms with E-state index in [4.69, 9.17) is 9.63 Å². The number of carboxylic acids is 1. The van der Waals surface area contributed by atoms with Gasteiger partial charge in [-0.1, -0.05) is 11.2 Å². The molecule has 2 aromatic rings. The van der Waals surface area contributed by atoms with Crippen molar-refractivity contribution in [1.82, 2.24) is 5.16 Å². The second kappa shape index (κ2) is 3.20. The molecule has 0 amide bonds. The number of carbonyl (C=O) groups is 2. The number of nitrogens with zero attached hydrogens (tertiary/aromatic N) is 1. The molecule has 1 N–H and O–H groups in total. The highest BCUT2D eigenvalue weighted by molar-refractivity contribution is 6.42. The summed E-state index contributed by atoms with van der Waals surface area (Å²) in [5.74, 6) is -2.44. The van der Waals surface area contributed by atoms with Gasteiger partial charge in [0.05, 0.1) is 11.1 Å². The Balaban J connectivity index is 2.75. The predicted molar refractivity (Wildman–Crippen MR) is 50.7 cm³/mol. The van der Waals surface area contributed by atoms with Gasteiger partial charge in [0.2, 0.25) is 0 Å². The molecule has 0 aliphatic rings. The summed E-state index contributed by atoms with van der Waals surface area (Å²) >= 11 is 0. The van der Waals surface area contributed by atoms with Crippen LogP contribution in [0, 0.1) is 6.92 Å². The van der Waals surface area contributed by atoms with Gasteiger partial charge in [-0.2, -0.15) is 0 Å². The molecule has 0 unspecified atom stereocenters. The number of rotatable bonds is 2. The van der Waals surface area contributed by atoms with E-state index in [9.17, 15) is 9.59 Å². The molecule has 15 heavy (non-hydrogen) atoms. The lowest BCUT2D eigenvalue weighted by Crippen LogP contribution is -2.12. The molecule has 0 fully saturated rings. The fourth-order valence-electron chi connectivity index (χ4n) is 1.45. The first kappa shape index (κ1) is 9.39. The van der Waals surface area contributed by atoms with E-state index in [2.05, 4.69) is 5.16 Å². The molecule has 0 bridgehead atoms. The number of aliphatic carboxylic acids is 1. The molecule has 0 atom stereocenters. The Morgan fingerprint density at radius 3 is 2.80 bits per heavy atom. The Kier molecular flexibility index (Phi) is 2.00. The molecular weight excluding hydrogens is 198 g/mol. The van der Waals surface area contributed by atoms with Crippen molar-refractivity contribution < 1.29 is 19.2 Å². The van der Waals surface area contributed by atoms with Gasteiger partial charge < -0.3 is 9.63 Å². The van der Waals surface area contributed by atoms with Crippen molar-refractivity contribution in [3.05, 3.63) is 29.5 Å². The number of fused-ring (bicyclic) bond motifs is 1. The van der Waals surface area contributed by atoms with E-state index in [-0.39, 0.29) is 5.56 Å². The average molecular weight is 205 g/mol. The first-order valence-electron chi connectivity index (χ1n) is 4.24. The maximum Gasteiger partial charge on any atom is 0.377 e. The first-order valence-corrected chi connectivity index (χ1v) is 4.24. The van der Waals surface area contributed by atoms with Crippen LogP contribution in [0.5, 0.6) is 0 Å². The third-order valence-electron chi connectivity index (χ3n) is 2.11. The van der Waals surface area contributed by atoms with E-state index in [1.807, 2.05) is 0 Å². The largest absolute Gasteiger partial charge is 0.475 e. The molecule has 1 aromatic heterocycles. The second-order valence-corrected chi connectivity index (χ2v) is 3.08. The standard InChI is InChI=1S/C10H7NO4/c1-5-8-6(9(12)10(13)14)3-2-4-7(8)15-11-5/h2-4H,1H3,(H,13,14). The summed E-state index contributed by atoms with van der Waals surface area (Å²) < 4.78 is 4.92. The molecule has 0 aliphatic carbocycles. The summed E-state index contributed by atoms with van der Waals surface area (Å²) in [6.45, 7) is 1.66. The van der Waals surface area contributed by atoms with Crippen molar-refractivity contribution in [1.29, 1.82) is 0 Å². The fraction of sp³-hybridized carbons (Fsp3) is 0.100. The second-order valence-electron chi connectivity index (χ2n) is 3.08. The van der Waals surface area contributed by atoms with Crippen LogP contribution >= 0.6 is 0 Å². The summed E-state index contributed by atoms with van der Waals surface area (Å²) in [5.41, 5.74) is 1.04. The number of aromatic nitrogens is 1. The minimum absolute atomic E-state index is 0.110. The Labute approximate surface area is 84.3 Å². The summed E-state index contributed by atoms with van der Waals surface area (Å²) in [7, 11) is 0. The van der Waals surface area contributed by atoms with Gasteiger partial charge in [-0.05, 0) is 19.1 Å². The highest BCUT2D eigenvalue weighted by atomic mass is 16.5. The van der Waals surface area contributed by atoms with Gasteiger partial charge in [0, 0.05) is 5.56 Å². The summed E-state index contributed by atoms with van der Waals surface area (Å²) in [6, 6.07) is 4.64. The fourth-order valence-corrected chi connectivity index (χ4v) is 1.45. The Morgan fingerprint density at radius 1 is 1.40 bits per heavy atom. The van der Waals surface area contributed by atoms with Crippen molar-refractivity contribution in [3.63, 3.8) is 0 Å². The van der Waals surface area contributed by atoms with Crippen molar-refractivity contribution in [2.75, 3.05) is 0 Å². The Morgan fingerprint density at radius 2 is 2.13 bits per heavy atom. The summed E-state index contributed by atoms with van der Waals surface area (Å²) in [4.78, 5) is 21.9. The van der Waals surface area contributed by atoms with Gasteiger partial charge in [0.15, 0.2) is 5.58 Å². The molecule has 5 nitrogen and oxygen atoms in total. The van der Waals surface area contributed by atoms with Gasteiger partial charge in [-0.25, -0.2) is 4.79 Å². The zero-order valence-electron chi connectivity index (χ0n) is 7.85. The summed E-state index contributed by atoms with van der Waals surface area (Å²) in [5, 5.41) is 12.8. The third kappa shape index (κ3) is 1.38. The van der Waals surface area contributed by atoms with Crippen LogP contribution in [0.25, 0.3) is 11.0 Å². The predicted octanol–water partition coefficient (Wildman–Crippen LogP) is 1.40. The molecule has 5 heteroatoms. The number of Topliss-reactive ketones (excluding diaryl/α,β-unsaturated/α-hetero) is 1. The van der Waals surface area contributed by atoms with E-state index in [0.717, 1.165) is 0 Å². The lowest BCUT2D eigenvalue weighted by Gasteiger charge is -1.97. The van der Waals surface area contributed by atoms with Crippen LogP contribution in [0.2, 0.25) is 0 Å². The van der Waals surface area contributed by atoms with Crippen LogP contribution in [0.3, 0.4) is 0 Å². The number of hydrogen-bond acceptors (Lipinski definition) is 4. The van der Waals surface area contributed by atoms with E-state index < -0.39 is 11.8 Å². The van der Waals surface area contributed by atoms with E-state index >= 15 is 0 Å². The van der Waals surface area contributed by atoms with Crippen LogP contribution in [0.1, 0.15) is 16.1 Å². The van der Waals surface area contributed by atoms with Gasteiger partial charge in [0.1, 0.15) is 0 Å².